The molecule has 31 heavy (non-hydrogen) atoms. The van der Waals surface area contributed by atoms with Crippen molar-refractivity contribution in [1.29, 1.82) is 0 Å². The van der Waals surface area contributed by atoms with Crippen LogP contribution >= 0.6 is 0 Å². The normalized spacial score (nSPS) is 21.2. The molecule has 1 saturated carbocycles. The average molecular weight is 423 g/mol. The molecule has 0 N–H and O–H groups in total. The van der Waals surface area contributed by atoms with E-state index in [9.17, 15) is 14.0 Å². The zero-order valence-corrected chi connectivity index (χ0v) is 17.8. The van der Waals surface area contributed by atoms with Crippen LogP contribution in [0.15, 0.2) is 24.3 Å². The number of benzene rings is 1. The number of amides is 2. The molecule has 1 aromatic heterocycles. The van der Waals surface area contributed by atoms with Crippen LogP contribution in [0.25, 0.3) is 0 Å². The van der Waals surface area contributed by atoms with Crippen LogP contribution in [-0.2, 0) is 22.6 Å². The Kier molecular flexibility index (Phi) is 5.20. The second kappa shape index (κ2) is 8.02. The molecule has 0 radical (unpaired) electrons. The average Bonchev–Trinajstić information content (AvgIpc) is 3.20. The Morgan fingerprint density at radius 3 is 2.58 bits per heavy atom. The Bertz CT molecular complexity index is 1020. The summed E-state index contributed by atoms with van der Waals surface area (Å²) in [6, 6.07) is 6.08. The number of anilines is 1. The van der Waals surface area contributed by atoms with Crippen LogP contribution in [0.4, 0.5) is 10.2 Å². The highest BCUT2D eigenvalue weighted by atomic mass is 19.1. The number of likely N-dealkylation sites (tertiary alicyclic amines) is 1. The molecule has 1 atom stereocenters. The van der Waals surface area contributed by atoms with E-state index in [1.54, 1.807) is 17.0 Å². The summed E-state index contributed by atoms with van der Waals surface area (Å²) < 4.78 is 13.3. The van der Waals surface area contributed by atoms with Crippen molar-refractivity contribution in [1.82, 2.24) is 14.9 Å². The van der Waals surface area contributed by atoms with Gasteiger partial charge in [0.25, 0.3) is 0 Å². The van der Waals surface area contributed by atoms with Gasteiger partial charge in [0, 0.05) is 30.1 Å². The van der Waals surface area contributed by atoms with Crippen molar-refractivity contribution in [2.45, 2.75) is 64.5 Å². The van der Waals surface area contributed by atoms with Crippen molar-refractivity contribution in [3.05, 3.63) is 52.7 Å². The Morgan fingerprint density at radius 2 is 1.87 bits per heavy atom. The lowest BCUT2D eigenvalue weighted by atomic mass is 9.84. The largest absolute Gasteiger partial charge is 0.332 e. The Hall–Kier alpha value is -2.83. The van der Waals surface area contributed by atoms with Crippen LogP contribution < -0.4 is 4.90 Å². The summed E-state index contributed by atoms with van der Waals surface area (Å²) >= 11 is 0. The SMILES string of the molecule is Cc1nc(C2CCCN2C(=O)C2CCC2)nc2c1CCC(=O)N2Cc1ccc(F)cc1. The van der Waals surface area contributed by atoms with Gasteiger partial charge in [0.1, 0.15) is 11.6 Å². The molecule has 3 aliphatic rings. The molecule has 1 saturated heterocycles. The van der Waals surface area contributed by atoms with E-state index >= 15 is 0 Å². The summed E-state index contributed by atoms with van der Waals surface area (Å²) in [7, 11) is 0. The fourth-order valence-corrected chi connectivity index (χ4v) is 4.88. The number of fused-ring (bicyclic) bond motifs is 1. The summed E-state index contributed by atoms with van der Waals surface area (Å²) in [5.74, 6) is 1.37. The van der Waals surface area contributed by atoms with Crippen molar-refractivity contribution in [3.63, 3.8) is 0 Å². The van der Waals surface area contributed by atoms with E-state index in [0.29, 0.717) is 31.0 Å². The fourth-order valence-electron chi connectivity index (χ4n) is 4.88. The zero-order chi connectivity index (χ0) is 21.5. The van der Waals surface area contributed by atoms with Gasteiger partial charge in [-0.1, -0.05) is 18.6 Å². The van der Waals surface area contributed by atoms with Crippen LogP contribution in [0.3, 0.4) is 0 Å². The van der Waals surface area contributed by atoms with Gasteiger partial charge in [-0.25, -0.2) is 14.4 Å². The number of aryl methyl sites for hydroxylation is 1. The summed E-state index contributed by atoms with van der Waals surface area (Å²) in [6.45, 7) is 3.05. The maximum Gasteiger partial charge on any atom is 0.228 e. The highest BCUT2D eigenvalue weighted by Crippen LogP contribution is 2.38. The highest BCUT2D eigenvalue weighted by molar-refractivity contribution is 5.95. The van der Waals surface area contributed by atoms with E-state index in [-0.39, 0.29) is 29.6 Å². The maximum atomic E-state index is 13.3. The van der Waals surface area contributed by atoms with Gasteiger partial charge in [-0.15, -0.1) is 0 Å². The second-order valence-electron chi connectivity index (χ2n) is 8.89. The van der Waals surface area contributed by atoms with Crippen LogP contribution in [0, 0.1) is 18.7 Å². The van der Waals surface area contributed by atoms with E-state index in [1.807, 2.05) is 11.8 Å². The number of halogens is 1. The third-order valence-electron chi connectivity index (χ3n) is 6.90. The van der Waals surface area contributed by atoms with E-state index in [4.69, 9.17) is 9.97 Å². The number of nitrogens with zero attached hydrogens (tertiary/aromatic N) is 4. The van der Waals surface area contributed by atoms with Crippen molar-refractivity contribution >= 4 is 17.6 Å². The van der Waals surface area contributed by atoms with Crippen molar-refractivity contribution in [2.24, 2.45) is 5.92 Å². The van der Waals surface area contributed by atoms with Crippen molar-refractivity contribution < 1.29 is 14.0 Å². The standard InChI is InChI=1S/C24H27FN4O2/c1-15-19-11-12-21(30)29(14-16-7-9-18(25)10-8-16)23(19)27-22(26-15)20-6-3-13-28(20)24(31)17-4-2-5-17/h7-10,17,20H,2-6,11-14H2,1H3. The Labute approximate surface area is 181 Å². The third kappa shape index (κ3) is 3.70. The third-order valence-corrected chi connectivity index (χ3v) is 6.90. The number of aromatic nitrogens is 2. The molecule has 7 heteroatoms. The summed E-state index contributed by atoms with van der Waals surface area (Å²) in [4.78, 5) is 39.1. The van der Waals surface area contributed by atoms with Gasteiger partial charge in [0.05, 0.1) is 12.6 Å². The van der Waals surface area contributed by atoms with Crippen molar-refractivity contribution in [2.75, 3.05) is 11.4 Å². The Balaban J connectivity index is 1.48. The number of carbonyl (C=O) groups excluding carboxylic acids is 2. The molecule has 2 aliphatic heterocycles. The number of hydrogen-bond acceptors (Lipinski definition) is 4. The smallest absolute Gasteiger partial charge is 0.228 e. The predicted molar refractivity (Wildman–Crippen MR) is 114 cm³/mol. The minimum Gasteiger partial charge on any atom is -0.332 e. The van der Waals surface area contributed by atoms with Gasteiger partial charge < -0.3 is 4.90 Å². The van der Waals surface area contributed by atoms with Gasteiger partial charge in [-0.05, 0) is 56.7 Å². The Morgan fingerprint density at radius 1 is 1.10 bits per heavy atom. The molecule has 0 spiro atoms. The van der Waals surface area contributed by atoms with Crippen LogP contribution in [0.2, 0.25) is 0 Å². The fraction of sp³-hybridized carbons (Fsp3) is 0.500. The molecule has 2 aromatic rings. The van der Waals surface area contributed by atoms with Crippen LogP contribution in [0.1, 0.15) is 67.2 Å². The first kappa shape index (κ1) is 20.1. The first-order valence-electron chi connectivity index (χ1n) is 11.2. The zero-order valence-electron chi connectivity index (χ0n) is 17.8. The molecular weight excluding hydrogens is 395 g/mol. The first-order valence-corrected chi connectivity index (χ1v) is 11.2. The van der Waals surface area contributed by atoms with Gasteiger partial charge in [0.15, 0.2) is 5.82 Å². The monoisotopic (exact) mass is 422 g/mol. The quantitative estimate of drug-likeness (QED) is 0.750. The number of rotatable bonds is 4. The maximum absolute atomic E-state index is 13.3. The van der Waals surface area contributed by atoms with E-state index in [0.717, 1.165) is 55.5 Å². The molecule has 5 rings (SSSR count). The minimum absolute atomic E-state index is 0.00898. The van der Waals surface area contributed by atoms with Gasteiger partial charge in [-0.3, -0.25) is 14.5 Å². The molecule has 2 amide bonds. The molecular formula is C24H27FN4O2. The molecule has 162 valence electrons. The molecule has 3 heterocycles. The summed E-state index contributed by atoms with van der Waals surface area (Å²) in [5.41, 5.74) is 2.71. The molecule has 1 unspecified atom stereocenters. The minimum atomic E-state index is -0.299. The number of hydrogen-bond donors (Lipinski definition) is 0. The molecule has 1 aliphatic carbocycles. The van der Waals surface area contributed by atoms with E-state index < -0.39 is 0 Å². The summed E-state index contributed by atoms with van der Waals surface area (Å²) in [5, 5.41) is 0. The van der Waals surface area contributed by atoms with E-state index in [2.05, 4.69) is 0 Å². The molecule has 0 bridgehead atoms. The van der Waals surface area contributed by atoms with E-state index in [1.165, 1.54) is 12.1 Å². The predicted octanol–water partition coefficient (Wildman–Crippen LogP) is 3.87. The molecule has 1 aromatic carbocycles. The van der Waals surface area contributed by atoms with Crippen LogP contribution in [0.5, 0.6) is 0 Å². The number of carbonyl (C=O) groups is 2. The lowest BCUT2D eigenvalue weighted by Gasteiger charge is -2.33. The molecule has 6 nitrogen and oxygen atoms in total. The van der Waals surface area contributed by atoms with Gasteiger partial charge in [-0.2, -0.15) is 0 Å². The van der Waals surface area contributed by atoms with Gasteiger partial charge in [0.2, 0.25) is 11.8 Å². The lowest BCUT2D eigenvalue weighted by Crippen LogP contribution is -2.40. The summed E-state index contributed by atoms with van der Waals surface area (Å²) in [6.07, 6.45) is 5.91. The van der Waals surface area contributed by atoms with Gasteiger partial charge >= 0.3 is 0 Å². The second-order valence-corrected chi connectivity index (χ2v) is 8.89. The lowest BCUT2D eigenvalue weighted by molar-refractivity contribution is -0.139. The first-order chi connectivity index (χ1) is 15.0. The topological polar surface area (TPSA) is 66.4 Å². The van der Waals surface area contributed by atoms with Crippen LogP contribution in [-0.4, -0.2) is 33.2 Å². The van der Waals surface area contributed by atoms with Crippen molar-refractivity contribution in [3.8, 4) is 0 Å². The highest BCUT2D eigenvalue weighted by Gasteiger charge is 2.38. The molecule has 2 fully saturated rings.